The number of carbonyl (C=O) groups excluding carboxylic acids is 3. The summed E-state index contributed by atoms with van der Waals surface area (Å²) in [6, 6.07) is 0. The van der Waals surface area contributed by atoms with Crippen LogP contribution in [0, 0.1) is 0 Å². The number of carbonyl (C=O) groups is 3. The number of hydrogen-bond donors (Lipinski definition) is 11. The van der Waals surface area contributed by atoms with Crippen LogP contribution in [0.2, 0.25) is 0 Å². The quantitative estimate of drug-likeness (QED) is 0.0117. The third kappa shape index (κ3) is 35.0. The molecule has 18 atom stereocenters. The first-order chi connectivity index (χ1) is 44.8. The Balaban J connectivity index is 1.75. The van der Waals surface area contributed by atoms with Gasteiger partial charge in [-0.15, -0.1) is 0 Å². The van der Waals surface area contributed by atoms with Gasteiger partial charge in [-0.25, -0.2) is 4.57 Å². The van der Waals surface area contributed by atoms with Gasteiger partial charge in [-0.05, 0) is 19.3 Å². The van der Waals surface area contributed by atoms with Crippen molar-refractivity contribution >= 4 is 25.7 Å². The average Bonchev–Trinajstić information content (AvgIpc) is 0.773. The van der Waals surface area contributed by atoms with Crippen molar-refractivity contribution in [2.24, 2.45) is 0 Å². The van der Waals surface area contributed by atoms with Gasteiger partial charge in [-0.1, -0.05) is 245 Å². The lowest BCUT2D eigenvalue weighted by atomic mass is 9.84. The van der Waals surface area contributed by atoms with Gasteiger partial charge in [0, 0.05) is 19.3 Å². The molecule has 3 fully saturated rings. The van der Waals surface area contributed by atoms with Gasteiger partial charge in [0.15, 0.2) is 18.7 Å². The molecule has 24 nitrogen and oxygen atoms in total. The SMILES string of the molecule is CCCCCCCCCCCCCCCC(=O)OCC(COP(=O)(O)OC1C(OC2OC(CO)C(O)C(O)C2O)C(O)C(O)C(O)C1OC1OC(COC(=O)CCCCCCCCCCCCCCC)C(O)C(O)C1O)OC(=O)CCCCCCCCCCCCCC. The van der Waals surface area contributed by atoms with Crippen molar-refractivity contribution in [1.82, 2.24) is 0 Å². The molecule has 93 heavy (non-hydrogen) atoms. The van der Waals surface area contributed by atoms with Gasteiger partial charge in [-0.3, -0.25) is 23.4 Å². The number of phosphoric ester groups is 1. The highest BCUT2D eigenvalue weighted by molar-refractivity contribution is 7.47. The molecule has 3 aliphatic rings. The molecule has 0 aromatic rings. The van der Waals surface area contributed by atoms with Gasteiger partial charge in [0.2, 0.25) is 0 Å². The molecule has 0 radical (unpaired) electrons. The number of esters is 3. The highest BCUT2D eigenvalue weighted by Gasteiger charge is 2.58. The molecule has 0 spiro atoms. The molecule has 1 saturated carbocycles. The minimum atomic E-state index is -5.68. The van der Waals surface area contributed by atoms with Gasteiger partial charge in [0.05, 0.1) is 13.2 Å². The van der Waals surface area contributed by atoms with Crippen LogP contribution < -0.4 is 0 Å². The van der Waals surface area contributed by atoms with E-state index < -0.39 is 156 Å². The molecule has 0 amide bonds. The molecule has 2 aliphatic heterocycles. The number of aliphatic hydroxyl groups excluding tert-OH is 10. The maximum atomic E-state index is 14.3. The summed E-state index contributed by atoms with van der Waals surface area (Å²) >= 11 is 0. The summed E-state index contributed by atoms with van der Waals surface area (Å²) in [6.45, 7) is 3.43. The normalized spacial score (nSPS) is 28.4. The third-order valence-electron chi connectivity index (χ3n) is 18.1. The van der Waals surface area contributed by atoms with Gasteiger partial charge >= 0.3 is 25.7 Å². The van der Waals surface area contributed by atoms with Gasteiger partial charge in [-0.2, -0.15) is 0 Å². The minimum absolute atomic E-state index is 0.0334. The molecule has 1 aliphatic carbocycles. The summed E-state index contributed by atoms with van der Waals surface area (Å²) in [5, 5.41) is 110. The van der Waals surface area contributed by atoms with Gasteiger partial charge < -0.3 is 89.1 Å². The average molecular weight is 1360 g/mol. The van der Waals surface area contributed by atoms with E-state index in [1.54, 1.807) is 0 Å². The maximum absolute atomic E-state index is 14.3. The Hall–Kier alpha value is -2.04. The Morgan fingerprint density at radius 3 is 1.05 bits per heavy atom. The lowest BCUT2D eigenvalue weighted by Crippen LogP contribution is -2.69. The highest BCUT2D eigenvalue weighted by Crippen LogP contribution is 2.49. The summed E-state index contributed by atoms with van der Waals surface area (Å²) in [5.74, 6) is -1.98. The van der Waals surface area contributed by atoms with Crippen LogP contribution in [0.5, 0.6) is 0 Å². The first-order valence-corrected chi connectivity index (χ1v) is 37.8. The molecule has 0 aromatic heterocycles. The van der Waals surface area contributed by atoms with E-state index in [0.29, 0.717) is 19.3 Å². The van der Waals surface area contributed by atoms with Crippen LogP contribution in [0.1, 0.15) is 284 Å². The summed E-state index contributed by atoms with van der Waals surface area (Å²) in [7, 11) is -5.68. The van der Waals surface area contributed by atoms with E-state index in [1.165, 1.54) is 135 Å². The van der Waals surface area contributed by atoms with E-state index in [1.807, 2.05) is 0 Å². The standard InChI is InChI=1S/C68H127O24P/c1-4-7-10-13-16-19-22-25-28-30-33-36-39-42-52(70)84-46-49(87-54(72)44-41-38-35-32-27-24-21-18-15-12-9-6-3)47-86-93(82,83)92-66-64(90-67-62(80)57(75)55(73)50(45-69)88-67)60(78)59(77)61(79)65(66)91-68-63(81)58(76)56(74)51(89-68)48-85-53(71)43-40-37-34-31-29-26-23-20-17-14-11-8-5-2/h49-51,55-69,73-81H,4-48H2,1-3H3,(H,82,83). The lowest BCUT2D eigenvalue weighted by Gasteiger charge is -2.49. The highest BCUT2D eigenvalue weighted by atomic mass is 31.2. The van der Waals surface area contributed by atoms with Crippen LogP contribution in [-0.4, -0.2) is 204 Å². The van der Waals surface area contributed by atoms with Crippen LogP contribution in [0.4, 0.5) is 0 Å². The van der Waals surface area contributed by atoms with E-state index in [9.17, 15) is 74.9 Å². The van der Waals surface area contributed by atoms with Gasteiger partial charge in [0.1, 0.15) is 98.7 Å². The van der Waals surface area contributed by atoms with E-state index in [4.69, 9.17) is 42.2 Å². The fourth-order valence-corrected chi connectivity index (χ4v) is 13.1. The van der Waals surface area contributed by atoms with E-state index in [0.717, 1.165) is 89.9 Å². The van der Waals surface area contributed by atoms with E-state index >= 15 is 0 Å². The van der Waals surface area contributed by atoms with Crippen molar-refractivity contribution < 1.29 is 117 Å². The predicted molar refractivity (Wildman–Crippen MR) is 347 cm³/mol. The summed E-state index contributed by atoms with van der Waals surface area (Å²) < 4.78 is 64.9. The van der Waals surface area contributed by atoms with Gasteiger partial charge in [0.25, 0.3) is 0 Å². The summed E-state index contributed by atoms with van der Waals surface area (Å²) in [4.78, 5) is 50.8. The molecular formula is C68H127O24P. The number of aliphatic hydroxyl groups is 10. The molecule has 0 bridgehead atoms. The van der Waals surface area contributed by atoms with E-state index in [2.05, 4.69) is 20.8 Å². The second-order valence-corrected chi connectivity index (χ2v) is 27.7. The Bertz CT molecular complexity index is 1940. The fourth-order valence-electron chi connectivity index (χ4n) is 12.2. The molecule has 3 rings (SSSR count). The Morgan fingerprint density at radius 1 is 0.376 bits per heavy atom. The molecule has 0 aromatic carbocycles. The number of rotatable bonds is 56. The summed E-state index contributed by atoms with van der Waals surface area (Å²) in [6.07, 6.45) is 6.20. The molecular weight excluding hydrogens is 1230 g/mol. The second kappa shape index (κ2) is 51.2. The monoisotopic (exact) mass is 1360 g/mol. The Morgan fingerprint density at radius 2 is 0.688 bits per heavy atom. The van der Waals surface area contributed by atoms with Crippen LogP contribution in [0.3, 0.4) is 0 Å². The zero-order chi connectivity index (χ0) is 68.2. The second-order valence-electron chi connectivity index (χ2n) is 26.3. The van der Waals surface area contributed by atoms with Crippen molar-refractivity contribution in [1.29, 1.82) is 0 Å². The molecule has 11 N–H and O–H groups in total. The van der Waals surface area contributed by atoms with Crippen molar-refractivity contribution in [3.05, 3.63) is 0 Å². The Labute approximate surface area is 555 Å². The van der Waals surface area contributed by atoms with Crippen LogP contribution in [0.25, 0.3) is 0 Å². The predicted octanol–water partition coefficient (Wildman–Crippen LogP) is 9.01. The topological polar surface area (TPSA) is 374 Å². The van der Waals surface area contributed by atoms with E-state index in [-0.39, 0.29) is 19.3 Å². The molecule has 2 heterocycles. The molecule has 18 unspecified atom stereocenters. The minimum Gasteiger partial charge on any atom is -0.463 e. The lowest BCUT2D eigenvalue weighted by molar-refractivity contribution is -0.360. The number of unbranched alkanes of at least 4 members (excludes halogenated alkanes) is 35. The zero-order valence-electron chi connectivity index (χ0n) is 56.8. The summed E-state index contributed by atoms with van der Waals surface area (Å²) in [5.41, 5.74) is 0. The zero-order valence-corrected chi connectivity index (χ0v) is 57.7. The largest absolute Gasteiger partial charge is 0.472 e. The van der Waals surface area contributed by atoms with Crippen molar-refractivity contribution in [2.45, 2.75) is 388 Å². The first kappa shape index (κ1) is 85.2. The van der Waals surface area contributed by atoms with Crippen molar-refractivity contribution in [3.63, 3.8) is 0 Å². The number of hydrogen-bond acceptors (Lipinski definition) is 23. The van der Waals surface area contributed by atoms with Crippen LogP contribution in [0.15, 0.2) is 0 Å². The molecule has 548 valence electrons. The third-order valence-corrected chi connectivity index (χ3v) is 19.1. The van der Waals surface area contributed by atoms with Crippen molar-refractivity contribution in [3.8, 4) is 0 Å². The number of phosphoric acid groups is 1. The smallest absolute Gasteiger partial charge is 0.463 e. The maximum Gasteiger partial charge on any atom is 0.472 e. The first-order valence-electron chi connectivity index (χ1n) is 36.3. The molecule has 25 heteroatoms. The Kier molecular flexibility index (Phi) is 46.9. The van der Waals surface area contributed by atoms with Crippen molar-refractivity contribution in [2.75, 3.05) is 26.4 Å². The number of ether oxygens (including phenoxy) is 7. The van der Waals surface area contributed by atoms with Crippen LogP contribution >= 0.6 is 7.82 Å². The fraction of sp³-hybridized carbons (Fsp3) is 0.956. The molecule has 2 saturated heterocycles. The van der Waals surface area contributed by atoms with Crippen LogP contribution in [-0.2, 0) is 61.2 Å².